The molecule has 5 heteroatoms. The van der Waals surface area contributed by atoms with Crippen LogP contribution in [0.4, 0.5) is 0 Å². The maximum Gasteiger partial charge on any atom is 0.239 e. The van der Waals surface area contributed by atoms with Gasteiger partial charge in [-0.1, -0.05) is 0 Å². The van der Waals surface area contributed by atoms with Crippen LogP contribution in [0.2, 0.25) is 0 Å². The van der Waals surface area contributed by atoms with Crippen LogP contribution >= 0.6 is 12.6 Å². The highest BCUT2D eigenvalue weighted by molar-refractivity contribution is 7.81. The van der Waals surface area contributed by atoms with Gasteiger partial charge in [0.05, 0.1) is 12.3 Å². The van der Waals surface area contributed by atoms with Crippen LogP contribution in [0.1, 0.15) is 6.92 Å². The fourth-order valence-corrected chi connectivity index (χ4v) is 0.919. The van der Waals surface area contributed by atoms with Gasteiger partial charge in [-0.3, -0.25) is 9.59 Å². The molecular weight excluding hydrogens is 176 g/mol. The Labute approximate surface area is 77.7 Å². The summed E-state index contributed by atoms with van der Waals surface area (Å²) in [6, 6.07) is 0. The van der Waals surface area contributed by atoms with Crippen molar-refractivity contribution in [1.29, 1.82) is 0 Å². The highest BCUT2D eigenvalue weighted by Gasteiger charge is 2.09. The third kappa shape index (κ3) is 4.23. The monoisotopic (exact) mass is 190 g/mol. The number of thiol groups is 1. The minimum absolute atomic E-state index is 0.104. The molecule has 0 radical (unpaired) electrons. The summed E-state index contributed by atoms with van der Waals surface area (Å²) in [6.45, 7) is 2.52. The lowest BCUT2D eigenvalue weighted by molar-refractivity contribution is -0.132. The van der Waals surface area contributed by atoms with Gasteiger partial charge in [0.15, 0.2) is 0 Å². The van der Waals surface area contributed by atoms with Gasteiger partial charge < -0.3 is 10.2 Å². The van der Waals surface area contributed by atoms with Crippen LogP contribution in [0.5, 0.6) is 0 Å². The van der Waals surface area contributed by atoms with E-state index in [-0.39, 0.29) is 24.1 Å². The molecule has 0 bridgehead atoms. The summed E-state index contributed by atoms with van der Waals surface area (Å²) in [6.07, 6.45) is 0. The maximum absolute atomic E-state index is 10.9. The molecule has 12 heavy (non-hydrogen) atoms. The normalized spacial score (nSPS) is 9.25. The number of carbonyl (C=O) groups is 2. The lowest BCUT2D eigenvalue weighted by Crippen LogP contribution is -2.38. The summed E-state index contributed by atoms with van der Waals surface area (Å²) in [5.41, 5.74) is 0. The van der Waals surface area contributed by atoms with E-state index in [1.165, 1.54) is 4.90 Å². The third-order valence-electron chi connectivity index (χ3n) is 1.32. The number of hydrogen-bond donors (Lipinski definition) is 2. The van der Waals surface area contributed by atoms with Crippen LogP contribution in [0.25, 0.3) is 0 Å². The molecule has 0 aliphatic heterocycles. The average molecular weight is 190 g/mol. The summed E-state index contributed by atoms with van der Waals surface area (Å²) in [7, 11) is 1.58. The molecule has 0 spiro atoms. The Morgan fingerprint density at radius 1 is 1.50 bits per heavy atom. The fraction of sp³-hybridized carbons (Fsp3) is 0.714. The van der Waals surface area contributed by atoms with Crippen molar-refractivity contribution in [1.82, 2.24) is 10.2 Å². The third-order valence-corrected chi connectivity index (χ3v) is 1.59. The van der Waals surface area contributed by atoms with Crippen molar-refractivity contribution in [3.63, 3.8) is 0 Å². The van der Waals surface area contributed by atoms with Gasteiger partial charge in [0.2, 0.25) is 11.8 Å². The molecule has 4 nitrogen and oxygen atoms in total. The quantitative estimate of drug-likeness (QED) is 0.588. The van der Waals surface area contributed by atoms with E-state index in [9.17, 15) is 9.59 Å². The lowest BCUT2D eigenvalue weighted by atomic mass is 10.5. The van der Waals surface area contributed by atoms with Crippen LogP contribution in [-0.2, 0) is 9.59 Å². The van der Waals surface area contributed by atoms with Crippen molar-refractivity contribution in [3.05, 3.63) is 0 Å². The first-order chi connectivity index (χ1) is 5.61. The molecule has 0 aliphatic rings. The molecule has 0 saturated heterocycles. The molecule has 0 atom stereocenters. The first-order valence-corrected chi connectivity index (χ1v) is 4.36. The molecule has 0 saturated carbocycles. The summed E-state index contributed by atoms with van der Waals surface area (Å²) in [5, 5.41) is 2.60. The van der Waals surface area contributed by atoms with Gasteiger partial charge in [-0.05, 0) is 6.92 Å². The first-order valence-electron chi connectivity index (χ1n) is 3.73. The summed E-state index contributed by atoms with van der Waals surface area (Å²) in [4.78, 5) is 23.2. The van der Waals surface area contributed by atoms with E-state index in [1.54, 1.807) is 7.05 Å². The highest BCUT2D eigenvalue weighted by atomic mass is 32.1. The standard InChI is InChI=1S/C7H14N2O2S/c1-3-8-6(10)4-9(2)7(11)5-12/h12H,3-5H2,1-2H3,(H,8,10). The second-order valence-corrected chi connectivity index (χ2v) is 2.68. The highest BCUT2D eigenvalue weighted by Crippen LogP contribution is 1.86. The Morgan fingerprint density at radius 3 is 2.50 bits per heavy atom. The number of rotatable bonds is 4. The van der Waals surface area contributed by atoms with Crippen molar-refractivity contribution in [2.24, 2.45) is 0 Å². The Kier molecular flexibility index (Phi) is 5.53. The van der Waals surface area contributed by atoms with Gasteiger partial charge in [-0.25, -0.2) is 0 Å². The molecule has 70 valence electrons. The van der Waals surface area contributed by atoms with E-state index < -0.39 is 0 Å². The first kappa shape index (κ1) is 11.3. The number of hydrogen-bond acceptors (Lipinski definition) is 3. The van der Waals surface area contributed by atoms with Crippen molar-refractivity contribution < 1.29 is 9.59 Å². The van der Waals surface area contributed by atoms with Gasteiger partial charge in [0.25, 0.3) is 0 Å². The molecule has 2 amide bonds. The van der Waals surface area contributed by atoms with Gasteiger partial charge >= 0.3 is 0 Å². The topological polar surface area (TPSA) is 49.4 Å². The molecule has 0 heterocycles. The minimum atomic E-state index is -0.149. The maximum atomic E-state index is 10.9. The summed E-state index contributed by atoms with van der Waals surface area (Å²) >= 11 is 3.81. The van der Waals surface area contributed by atoms with E-state index in [1.807, 2.05) is 6.92 Å². The van der Waals surface area contributed by atoms with Crippen LogP contribution < -0.4 is 5.32 Å². The Hall–Kier alpha value is -0.710. The van der Waals surface area contributed by atoms with Gasteiger partial charge in [0.1, 0.15) is 0 Å². The average Bonchev–Trinajstić information content (AvgIpc) is 2.03. The second-order valence-electron chi connectivity index (χ2n) is 2.36. The Balaban J connectivity index is 3.75. The number of likely N-dealkylation sites (N-methyl/N-ethyl adjacent to an activating group) is 2. The molecule has 0 aromatic rings. The van der Waals surface area contributed by atoms with Crippen molar-refractivity contribution in [3.8, 4) is 0 Å². The molecular formula is C7H14N2O2S. The zero-order valence-corrected chi connectivity index (χ0v) is 8.23. The smallest absolute Gasteiger partial charge is 0.239 e. The minimum Gasteiger partial charge on any atom is -0.355 e. The zero-order valence-electron chi connectivity index (χ0n) is 7.33. The van der Waals surface area contributed by atoms with Crippen LogP contribution in [0.3, 0.4) is 0 Å². The molecule has 0 aromatic carbocycles. The van der Waals surface area contributed by atoms with Crippen molar-refractivity contribution >= 4 is 24.4 Å². The Morgan fingerprint density at radius 2 is 2.08 bits per heavy atom. The van der Waals surface area contributed by atoms with Gasteiger partial charge in [-0.15, -0.1) is 0 Å². The van der Waals surface area contributed by atoms with Crippen LogP contribution in [0, 0.1) is 0 Å². The fourth-order valence-electron chi connectivity index (χ4n) is 0.677. The number of amides is 2. The predicted molar refractivity (Wildman–Crippen MR) is 50.2 cm³/mol. The Bertz CT molecular complexity index is 173. The summed E-state index contributed by atoms with van der Waals surface area (Å²) in [5.74, 6) is -0.157. The van der Waals surface area contributed by atoms with Crippen molar-refractivity contribution in [2.45, 2.75) is 6.92 Å². The molecule has 0 fully saturated rings. The molecule has 1 N–H and O–H groups in total. The van der Waals surface area contributed by atoms with Crippen molar-refractivity contribution in [2.75, 3.05) is 25.9 Å². The predicted octanol–water partition coefficient (Wildman–Crippen LogP) is -0.489. The number of nitrogens with one attached hydrogen (secondary N) is 1. The van der Waals surface area contributed by atoms with Gasteiger partial charge in [-0.2, -0.15) is 12.6 Å². The second kappa shape index (κ2) is 5.88. The van der Waals surface area contributed by atoms with E-state index in [2.05, 4.69) is 17.9 Å². The molecule has 0 unspecified atom stereocenters. The molecule has 0 aromatic heterocycles. The zero-order chi connectivity index (χ0) is 9.56. The number of nitrogens with zero attached hydrogens (tertiary/aromatic N) is 1. The van der Waals surface area contributed by atoms with Crippen LogP contribution in [0.15, 0.2) is 0 Å². The van der Waals surface area contributed by atoms with E-state index in [4.69, 9.17) is 0 Å². The molecule has 0 aliphatic carbocycles. The molecule has 0 rings (SSSR count). The van der Waals surface area contributed by atoms with E-state index >= 15 is 0 Å². The SMILES string of the molecule is CCNC(=O)CN(C)C(=O)CS. The largest absolute Gasteiger partial charge is 0.355 e. The number of carbonyl (C=O) groups excluding carboxylic acids is 2. The lowest BCUT2D eigenvalue weighted by Gasteiger charge is -2.14. The van der Waals surface area contributed by atoms with E-state index in [0.717, 1.165) is 0 Å². The van der Waals surface area contributed by atoms with Crippen LogP contribution in [-0.4, -0.2) is 42.6 Å². The van der Waals surface area contributed by atoms with Gasteiger partial charge in [0, 0.05) is 13.6 Å². The summed E-state index contributed by atoms with van der Waals surface area (Å²) < 4.78 is 0. The van der Waals surface area contributed by atoms with E-state index in [0.29, 0.717) is 6.54 Å².